The average molecular weight is 614 g/mol. The average Bonchev–Trinajstić information content (AvgIpc) is 3.55. The predicted molar refractivity (Wildman–Crippen MR) is 202 cm³/mol. The molecule has 0 N–H and O–H groups in total. The highest BCUT2D eigenvalue weighted by Crippen LogP contribution is 2.45. The predicted octanol–water partition coefficient (Wildman–Crippen LogP) is 13.2. The molecule has 1 heterocycles. The number of para-hydroxylation sites is 3. The van der Waals surface area contributed by atoms with Gasteiger partial charge in [0.2, 0.25) is 0 Å². The molecular weight excluding hydrogens is 583 g/mol. The zero-order valence-corrected chi connectivity index (χ0v) is 26.3. The Morgan fingerprint density at radius 3 is 1.83 bits per heavy atom. The Hall–Kier alpha value is -6.38. The second kappa shape index (κ2) is 11.8. The van der Waals surface area contributed by atoms with E-state index in [0.717, 1.165) is 50.1 Å². The Labute approximate surface area is 279 Å². The quantitative estimate of drug-likeness (QED) is 0.185. The summed E-state index contributed by atoms with van der Waals surface area (Å²) in [5.41, 5.74) is 12.0. The first-order chi connectivity index (χ1) is 23.8. The van der Waals surface area contributed by atoms with Crippen LogP contribution in [0.3, 0.4) is 0 Å². The van der Waals surface area contributed by atoms with Crippen molar-refractivity contribution in [1.82, 2.24) is 0 Å². The van der Waals surface area contributed by atoms with E-state index in [9.17, 15) is 0 Å². The minimum absolute atomic E-state index is 0.869. The van der Waals surface area contributed by atoms with E-state index < -0.39 is 0 Å². The van der Waals surface area contributed by atoms with Crippen molar-refractivity contribution in [1.29, 1.82) is 0 Å². The Morgan fingerprint density at radius 2 is 0.958 bits per heavy atom. The highest BCUT2D eigenvalue weighted by Gasteiger charge is 2.21. The van der Waals surface area contributed by atoms with Crippen LogP contribution in [0, 0.1) is 0 Å². The van der Waals surface area contributed by atoms with Crippen molar-refractivity contribution < 1.29 is 4.42 Å². The molecule has 226 valence electrons. The van der Waals surface area contributed by atoms with Crippen LogP contribution in [-0.4, -0.2) is 0 Å². The molecule has 0 atom stereocenters. The Bertz CT molecular complexity index is 2560. The summed E-state index contributed by atoms with van der Waals surface area (Å²) in [6.07, 6.45) is 0. The van der Waals surface area contributed by atoms with Gasteiger partial charge in [-0.1, -0.05) is 146 Å². The lowest BCUT2D eigenvalue weighted by atomic mass is 9.97. The molecule has 0 radical (unpaired) electrons. The molecule has 2 nitrogen and oxygen atoms in total. The van der Waals surface area contributed by atoms with E-state index in [1.54, 1.807) is 0 Å². The number of benzene rings is 8. The minimum Gasteiger partial charge on any atom is -0.454 e. The van der Waals surface area contributed by atoms with E-state index in [1.165, 1.54) is 33.0 Å². The van der Waals surface area contributed by atoms with Crippen LogP contribution in [-0.2, 0) is 0 Å². The first kappa shape index (κ1) is 27.9. The zero-order chi connectivity index (χ0) is 31.9. The van der Waals surface area contributed by atoms with Gasteiger partial charge >= 0.3 is 0 Å². The van der Waals surface area contributed by atoms with E-state index in [-0.39, 0.29) is 0 Å². The monoisotopic (exact) mass is 613 g/mol. The summed E-state index contributed by atoms with van der Waals surface area (Å²) >= 11 is 0. The fraction of sp³-hybridized carbons (Fsp3) is 0. The van der Waals surface area contributed by atoms with Crippen LogP contribution in [0.2, 0.25) is 0 Å². The van der Waals surface area contributed by atoms with Crippen LogP contribution in [0.15, 0.2) is 192 Å². The summed E-state index contributed by atoms with van der Waals surface area (Å²) in [5, 5.41) is 4.73. The molecule has 8 aromatic carbocycles. The number of hydrogen-bond donors (Lipinski definition) is 0. The molecule has 0 unspecified atom stereocenters. The minimum atomic E-state index is 0.869. The molecule has 9 rings (SSSR count). The van der Waals surface area contributed by atoms with Crippen LogP contribution >= 0.6 is 0 Å². The molecular formula is C46H31NO. The van der Waals surface area contributed by atoms with Gasteiger partial charge in [-0.2, -0.15) is 0 Å². The Kier molecular flexibility index (Phi) is 6.84. The maximum Gasteiger partial charge on any atom is 0.159 e. The van der Waals surface area contributed by atoms with Crippen molar-refractivity contribution in [2.45, 2.75) is 0 Å². The maximum absolute atomic E-state index is 6.59. The summed E-state index contributed by atoms with van der Waals surface area (Å²) < 4.78 is 6.59. The SMILES string of the molecule is c1ccc(-c2ccccc2N(c2ccc(-c3cccc(-c4ccc5ccccc5c4)c3)cc2)c2cccc3c2oc2ccccc23)cc1. The lowest BCUT2D eigenvalue weighted by molar-refractivity contribution is 0.669. The number of nitrogens with zero attached hydrogens (tertiary/aromatic N) is 1. The molecule has 0 aliphatic heterocycles. The third-order valence-electron chi connectivity index (χ3n) is 9.26. The molecule has 1 aromatic heterocycles. The second-order valence-corrected chi connectivity index (χ2v) is 12.2. The molecule has 0 saturated carbocycles. The van der Waals surface area contributed by atoms with Crippen molar-refractivity contribution in [3.8, 4) is 33.4 Å². The van der Waals surface area contributed by atoms with Gasteiger partial charge in [0.15, 0.2) is 5.58 Å². The molecule has 0 bridgehead atoms. The van der Waals surface area contributed by atoms with E-state index >= 15 is 0 Å². The van der Waals surface area contributed by atoms with Crippen molar-refractivity contribution in [3.63, 3.8) is 0 Å². The number of rotatable bonds is 6. The van der Waals surface area contributed by atoms with Gasteiger partial charge in [-0.25, -0.2) is 0 Å². The standard InChI is InChI=1S/C46H31NO/c1-2-13-34(14-3-1)40-18-6-8-21-43(40)47(44-22-11-20-42-41-19-7-9-23-45(41)48-46(42)44)39-28-26-33(27-29-39)36-16-10-17-37(30-36)38-25-24-32-12-4-5-15-35(32)31-38/h1-31H. The van der Waals surface area contributed by atoms with Crippen LogP contribution in [0.1, 0.15) is 0 Å². The van der Waals surface area contributed by atoms with Gasteiger partial charge in [0.25, 0.3) is 0 Å². The molecule has 0 amide bonds. The fourth-order valence-corrected chi connectivity index (χ4v) is 6.90. The number of fused-ring (bicyclic) bond motifs is 4. The highest BCUT2D eigenvalue weighted by atomic mass is 16.3. The molecule has 9 aromatic rings. The van der Waals surface area contributed by atoms with Crippen LogP contribution < -0.4 is 4.90 Å². The van der Waals surface area contributed by atoms with Crippen LogP contribution in [0.4, 0.5) is 17.1 Å². The maximum atomic E-state index is 6.59. The third-order valence-corrected chi connectivity index (χ3v) is 9.26. The fourth-order valence-electron chi connectivity index (χ4n) is 6.90. The Balaban J connectivity index is 1.17. The molecule has 0 saturated heterocycles. The smallest absolute Gasteiger partial charge is 0.159 e. The largest absolute Gasteiger partial charge is 0.454 e. The lowest BCUT2D eigenvalue weighted by Gasteiger charge is -2.28. The van der Waals surface area contributed by atoms with E-state index in [1.807, 2.05) is 12.1 Å². The topological polar surface area (TPSA) is 16.4 Å². The number of anilines is 3. The van der Waals surface area contributed by atoms with Gasteiger partial charge in [0.05, 0.1) is 11.4 Å². The molecule has 48 heavy (non-hydrogen) atoms. The van der Waals surface area contributed by atoms with Gasteiger partial charge < -0.3 is 9.32 Å². The molecule has 0 aliphatic rings. The van der Waals surface area contributed by atoms with Gasteiger partial charge in [-0.3, -0.25) is 0 Å². The van der Waals surface area contributed by atoms with Gasteiger partial charge in [-0.15, -0.1) is 0 Å². The Morgan fingerprint density at radius 1 is 0.354 bits per heavy atom. The van der Waals surface area contributed by atoms with Crippen LogP contribution in [0.5, 0.6) is 0 Å². The van der Waals surface area contributed by atoms with Gasteiger partial charge in [0, 0.05) is 22.0 Å². The first-order valence-electron chi connectivity index (χ1n) is 16.3. The zero-order valence-electron chi connectivity index (χ0n) is 26.3. The van der Waals surface area contributed by atoms with E-state index in [2.05, 4.69) is 181 Å². The third kappa shape index (κ3) is 4.92. The molecule has 0 spiro atoms. The first-order valence-corrected chi connectivity index (χ1v) is 16.3. The summed E-state index contributed by atoms with van der Waals surface area (Å²) in [5.74, 6) is 0. The number of furan rings is 1. The van der Waals surface area contributed by atoms with Gasteiger partial charge in [-0.05, 0) is 81.1 Å². The van der Waals surface area contributed by atoms with Gasteiger partial charge in [0.1, 0.15) is 5.58 Å². The molecule has 0 fully saturated rings. The summed E-state index contributed by atoms with van der Waals surface area (Å²) in [6, 6.07) is 66.9. The normalized spacial score (nSPS) is 11.3. The summed E-state index contributed by atoms with van der Waals surface area (Å²) in [7, 11) is 0. The van der Waals surface area contributed by atoms with Crippen molar-refractivity contribution in [2.75, 3.05) is 4.90 Å². The second-order valence-electron chi connectivity index (χ2n) is 12.2. The lowest BCUT2D eigenvalue weighted by Crippen LogP contribution is -2.11. The van der Waals surface area contributed by atoms with Crippen molar-refractivity contribution >= 4 is 49.8 Å². The van der Waals surface area contributed by atoms with Crippen molar-refractivity contribution in [3.05, 3.63) is 188 Å². The summed E-state index contributed by atoms with van der Waals surface area (Å²) in [4.78, 5) is 2.34. The van der Waals surface area contributed by atoms with Crippen molar-refractivity contribution in [2.24, 2.45) is 0 Å². The molecule has 2 heteroatoms. The molecule has 0 aliphatic carbocycles. The van der Waals surface area contributed by atoms with Crippen LogP contribution in [0.25, 0.3) is 66.1 Å². The van der Waals surface area contributed by atoms with E-state index in [0.29, 0.717) is 0 Å². The van der Waals surface area contributed by atoms with E-state index in [4.69, 9.17) is 4.42 Å². The highest BCUT2D eigenvalue weighted by molar-refractivity contribution is 6.10. The number of hydrogen-bond acceptors (Lipinski definition) is 2. The summed E-state index contributed by atoms with van der Waals surface area (Å²) in [6.45, 7) is 0.